The van der Waals surface area contributed by atoms with Crippen LogP contribution in [0.5, 0.6) is 0 Å². The van der Waals surface area contributed by atoms with Gasteiger partial charge in [-0.1, -0.05) is 29.8 Å². The molecule has 96 valence electrons. The highest BCUT2D eigenvalue weighted by molar-refractivity contribution is 6.37. The molecule has 1 N–H and O–H groups in total. The zero-order valence-corrected chi connectivity index (χ0v) is 11.0. The molecule has 0 aliphatic heterocycles. The lowest BCUT2D eigenvalue weighted by atomic mass is 10.2. The molecule has 1 heterocycles. The molecule has 4 nitrogen and oxygen atoms in total. The number of nitriles is 1. The molecule has 1 aromatic carbocycles. The standard InChI is InChI=1S/C14H11ClN2O2/c1-2-19-14(18)9(8-16)7-12-13(15)10-5-3-4-6-11(10)17-12/h3-7,17H,2H2,1H3/b9-7-. The van der Waals surface area contributed by atoms with Crippen molar-refractivity contribution >= 4 is 34.5 Å². The number of nitrogens with zero attached hydrogens (tertiary/aromatic N) is 1. The predicted octanol–water partition coefficient (Wildman–Crippen LogP) is 3.29. The topological polar surface area (TPSA) is 65.9 Å². The van der Waals surface area contributed by atoms with Gasteiger partial charge in [0, 0.05) is 10.9 Å². The van der Waals surface area contributed by atoms with Crippen molar-refractivity contribution in [2.75, 3.05) is 6.61 Å². The number of nitrogens with one attached hydrogen (secondary N) is 1. The monoisotopic (exact) mass is 274 g/mol. The van der Waals surface area contributed by atoms with E-state index in [1.54, 1.807) is 6.92 Å². The van der Waals surface area contributed by atoms with Crippen molar-refractivity contribution < 1.29 is 9.53 Å². The molecular weight excluding hydrogens is 264 g/mol. The largest absolute Gasteiger partial charge is 0.462 e. The Morgan fingerprint density at radius 2 is 2.26 bits per heavy atom. The summed E-state index contributed by atoms with van der Waals surface area (Å²) in [7, 11) is 0. The molecule has 2 rings (SSSR count). The van der Waals surface area contributed by atoms with Crippen LogP contribution in [0.25, 0.3) is 17.0 Å². The minimum absolute atomic E-state index is 0.0877. The number of aromatic amines is 1. The molecule has 1 aromatic heterocycles. The second kappa shape index (κ2) is 5.59. The van der Waals surface area contributed by atoms with Gasteiger partial charge in [-0.3, -0.25) is 0 Å². The molecule has 0 saturated carbocycles. The minimum Gasteiger partial charge on any atom is -0.462 e. The number of esters is 1. The van der Waals surface area contributed by atoms with Crippen LogP contribution in [-0.4, -0.2) is 17.6 Å². The minimum atomic E-state index is -0.653. The maximum atomic E-state index is 11.5. The number of ether oxygens (including phenoxy) is 1. The number of fused-ring (bicyclic) bond motifs is 1. The van der Waals surface area contributed by atoms with E-state index in [9.17, 15) is 4.79 Å². The van der Waals surface area contributed by atoms with Crippen molar-refractivity contribution in [3.8, 4) is 6.07 Å². The van der Waals surface area contributed by atoms with Crippen LogP contribution in [0, 0.1) is 11.3 Å². The summed E-state index contributed by atoms with van der Waals surface area (Å²) >= 11 is 6.20. The first-order valence-corrected chi connectivity index (χ1v) is 6.10. The van der Waals surface area contributed by atoms with Crippen LogP contribution >= 0.6 is 11.6 Å². The normalized spacial score (nSPS) is 11.3. The SMILES string of the molecule is CCOC(=O)/C(C#N)=C\c1[nH]c2ccccc2c1Cl. The van der Waals surface area contributed by atoms with Gasteiger partial charge in [0.25, 0.3) is 0 Å². The molecule has 0 amide bonds. The highest BCUT2D eigenvalue weighted by atomic mass is 35.5. The van der Waals surface area contributed by atoms with Crippen molar-refractivity contribution in [1.29, 1.82) is 5.26 Å². The van der Waals surface area contributed by atoms with Gasteiger partial charge in [-0.05, 0) is 19.1 Å². The van der Waals surface area contributed by atoms with Gasteiger partial charge in [-0.15, -0.1) is 0 Å². The van der Waals surface area contributed by atoms with Crippen molar-refractivity contribution in [2.45, 2.75) is 6.92 Å². The van der Waals surface area contributed by atoms with Crippen molar-refractivity contribution in [3.05, 3.63) is 40.6 Å². The van der Waals surface area contributed by atoms with Crippen LogP contribution in [0.3, 0.4) is 0 Å². The summed E-state index contributed by atoms with van der Waals surface area (Å²) in [6.07, 6.45) is 1.40. The average Bonchev–Trinajstić information content (AvgIpc) is 2.73. The molecule has 2 aromatic rings. The number of rotatable bonds is 3. The Balaban J connectivity index is 2.47. The molecule has 0 bridgehead atoms. The average molecular weight is 275 g/mol. The van der Waals surface area contributed by atoms with E-state index >= 15 is 0 Å². The Bertz CT molecular complexity index is 695. The molecule has 0 unspecified atom stereocenters. The summed E-state index contributed by atoms with van der Waals surface area (Å²) in [4.78, 5) is 14.6. The highest BCUT2D eigenvalue weighted by Crippen LogP contribution is 2.28. The fourth-order valence-electron chi connectivity index (χ4n) is 1.72. The van der Waals surface area contributed by atoms with Gasteiger partial charge in [0.1, 0.15) is 11.6 Å². The third kappa shape index (κ3) is 2.61. The third-order valence-corrected chi connectivity index (χ3v) is 2.98. The Hall–Kier alpha value is -2.25. The van der Waals surface area contributed by atoms with Crippen molar-refractivity contribution in [3.63, 3.8) is 0 Å². The molecule has 0 aliphatic carbocycles. The molecule has 0 fully saturated rings. The summed E-state index contributed by atoms with van der Waals surface area (Å²) in [5, 5.41) is 10.3. The predicted molar refractivity (Wildman–Crippen MR) is 73.5 cm³/mol. The lowest BCUT2D eigenvalue weighted by molar-refractivity contribution is -0.137. The quantitative estimate of drug-likeness (QED) is 0.530. The van der Waals surface area contributed by atoms with E-state index in [4.69, 9.17) is 21.6 Å². The summed E-state index contributed by atoms with van der Waals surface area (Å²) in [5.74, 6) is -0.653. The zero-order chi connectivity index (χ0) is 13.8. The number of H-pyrrole nitrogens is 1. The highest BCUT2D eigenvalue weighted by Gasteiger charge is 2.13. The van der Waals surface area contributed by atoms with Gasteiger partial charge < -0.3 is 9.72 Å². The maximum absolute atomic E-state index is 11.5. The van der Waals surface area contributed by atoms with Crippen LogP contribution in [0.15, 0.2) is 29.8 Å². The van der Waals surface area contributed by atoms with E-state index in [-0.39, 0.29) is 12.2 Å². The van der Waals surface area contributed by atoms with E-state index in [1.165, 1.54) is 6.08 Å². The number of carbonyl (C=O) groups is 1. The first kappa shape index (κ1) is 13.2. The summed E-state index contributed by atoms with van der Waals surface area (Å²) in [5.41, 5.74) is 1.28. The maximum Gasteiger partial charge on any atom is 0.348 e. The van der Waals surface area contributed by atoms with E-state index in [1.807, 2.05) is 30.3 Å². The number of aromatic nitrogens is 1. The van der Waals surface area contributed by atoms with E-state index in [0.717, 1.165) is 10.9 Å². The molecule has 0 atom stereocenters. The lowest BCUT2D eigenvalue weighted by Crippen LogP contribution is -2.06. The number of benzene rings is 1. The van der Waals surface area contributed by atoms with Gasteiger partial charge >= 0.3 is 5.97 Å². The zero-order valence-electron chi connectivity index (χ0n) is 10.2. The molecule has 0 radical (unpaired) electrons. The fraction of sp³-hybridized carbons (Fsp3) is 0.143. The van der Waals surface area contributed by atoms with Crippen LogP contribution in [0.2, 0.25) is 5.02 Å². The van der Waals surface area contributed by atoms with Crippen LogP contribution < -0.4 is 0 Å². The fourth-order valence-corrected chi connectivity index (χ4v) is 1.98. The molecule has 19 heavy (non-hydrogen) atoms. The van der Waals surface area contributed by atoms with Crippen molar-refractivity contribution in [1.82, 2.24) is 4.98 Å². The first-order valence-electron chi connectivity index (χ1n) is 5.72. The van der Waals surface area contributed by atoms with Gasteiger partial charge in [-0.2, -0.15) is 5.26 Å². The summed E-state index contributed by atoms with van der Waals surface area (Å²) in [6, 6.07) is 9.29. The van der Waals surface area contributed by atoms with Gasteiger partial charge in [-0.25, -0.2) is 4.79 Å². The lowest BCUT2D eigenvalue weighted by Gasteiger charge is -1.98. The van der Waals surface area contributed by atoms with Crippen LogP contribution in [-0.2, 0) is 9.53 Å². The molecule has 0 saturated heterocycles. The Kier molecular flexibility index (Phi) is 3.88. The molecule has 0 spiro atoms. The van der Waals surface area contributed by atoms with E-state index in [2.05, 4.69) is 4.98 Å². The second-order valence-corrected chi connectivity index (χ2v) is 4.17. The first-order chi connectivity index (χ1) is 9.17. The van der Waals surface area contributed by atoms with E-state index < -0.39 is 5.97 Å². The Morgan fingerprint density at radius 1 is 1.53 bits per heavy atom. The van der Waals surface area contributed by atoms with Gasteiger partial charge in [0.2, 0.25) is 0 Å². The number of para-hydroxylation sites is 1. The molecular formula is C14H11ClN2O2. The van der Waals surface area contributed by atoms with Crippen LogP contribution in [0.4, 0.5) is 0 Å². The van der Waals surface area contributed by atoms with E-state index in [0.29, 0.717) is 10.7 Å². The number of halogens is 1. The van der Waals surface area contributed by atoms with Gasteiger partial charge in [0.15, 0.2) is 0 Å². The number of hydrogen-bond acceptors (Lipinski definition) is 3. The third-order valence-electron chi connectivity index (χ3n) is 2.57. The Labute approximate surface area is 115 Å². The molecule has 0 aliphatic rings. The number of hydrogen-bond donors (Lipinski definition) is 1. The number of carbonyl (C=O) groups excluding carboxylic acids is 1. The molecule has 5 heteroatoms. The Morgan fingerprint density at radius 3 is 2.89 bits per heavy atom. The summed E-state index contributed by atoms with van der Waals surface area (Å²) in [6.45, 7) is 1.90. The van der Waals surface area contributed by atoms with Gasteiger partial charge in [0.05, 0.1) is 17.3 Å². The van der Waals surface area contributed by atoms with Crippen LogP contribution in [0.1, 0.15) is 12.6 Å². The van der Waals surface area contributed by atoms with Crippen molar-refractivity contribution in [2.24, 2.45) is 0 Å². The smallest absolute Gasteiger partial charge is 0.348 e. The summed E-state index contributed by atoms with van der Waals surface area (Å²) < 4.78 is 4.79. The second-order valence-electron chi connectivity index (χ2n) is 3.79.